The maximum atomic E-state index is 4.54. The van der Waals surface area contributed by atoms with E-state index in [4.69, 9.17) is 0 Å². The minimum Gasteiger partial charge on any atom is -0.314 e. The van der Waals surface area contributed by atoms with E-state index in [-0.39, 0.29) is 0 Å². The third kappa shape index (κ3) is 2.57. The van der Waals surface area contributed by atoms with E-state index < -0.39 is 0 Å². The molecule has 0 aromatic carbocycles. The Morgan fingerprint density at radius 3 is 2.83 bits per heavy atom. The number of aryl methyl sites for hydroxylation is 1. The highest BCUT2D eigenvalue weighted by Crippen LogP contribution is 2.27. The van der Waals surface area contributed by atoms with Gasteiger partial charge in [0.1, 0.15) is 0 Å². The Morgan fingerprint density at radius 1 is 1.39 bits per heavy atom. The summed E-state index contributed by atoms with van der Waals surface area (Å²) in [5.41, 5.74) is 2.84. The predicted molar refractivity (Wildman–Crippen MR) is 75.6 cm³/mol. The molecule has 1 N–H and O–H groups in total. The fourth-order valence-corrected chi connectivity index (χ4v) is 2.94. The van der Waals surface area contributed by atoms with E-state index in [0.29, 0.717) is 5.54 Å². The molecule has 1 aliphatic heterocycles. The zero-order chi connectivity index (χ0) is 13.0. The number of aromatic nitrogens is 1. The summed E-state index contributed by atoms with van der Waals surface area (Å²) in [6.07, 6.45) is 4.30. The summed E-state index contributed by atoms with van der Waals surface area (Å²) in [6.45, 7) is 11.1. The van der Waals surface area contributed by atoms with Crippen molar-refractivity contribution in [2.24, 2.45) is 0 Å². The molecule has 1 aromatic heterocycles. The molecule has 0 saturated carbocycles. The van der Waals surface area contributed by atoms with E-state index in [1.54, 1.807) is 0 Å². The molecule has 2 heterocycles. The van der Waals surface area contributed by atoms with Crippen molar-refractivity contribution in [2.75, 3.05) is 19.6 Å². The molecule has 3 heteroatoms. The standard InChI is InChI=1S/C15H25N3/c1-4-15(5-2)12-16-9-10-18(15)11-14-13(3)7-6-8-17-14/h6-8,16H,4-5,9-12H2,1-3H3. The number of piperazine rings is 1. The number of pyridine rings is 1. The second-order valence-electron chi connectivity index (χ2n) is 5.30. The van der Waals surface area contributed by atoms with Crippen molar-refractivity contribution in [1.29, 1.82) is 0 Å². The van der Waals surface area contributed by atoms with Crippen LogP contribution in [0.3, 0.4) is 0 Å². The molecule has 1 aromatic rings. The molecule has 0 amide bonds. The van der Waals surface area contributed by atoms with Gasteiger partial charge in [0, 0.05) is 37.9 Å². The van der Waals surface area contributed by atoms with Crippen LogP contribution >= 0.6 is 0 Å². The number of nitrogens with zero attached hydrogens (tertiary/aromatic N) is 2. The zero-order valence-corrected chi connectivity index (χ0v) is 11.9. The first-order chi connectivity index (χ1) is 8.72. The molecule has 0 spiro atoms. The molecule has 1 aliphatic rings. The van der Waals surface area contributed by atoms with E-state index in [1.807, 2.05) is 12.3 Å². The Labute approximate surface area is 111 Å². The summed E-state index contributed by atoms with van der Waals surface area (Å²) in [5.74, 6) is 0. The van der Waals surface area contributed by atoms with Gasteiger partial charge in [-0.2, -0.15) is 0 Å². The third-order valence-electron chi connectivity index (χ3n) is 4.46. The lowest BCUT2D eigenvalue weighted by molar-refractivity contribution is 0.0435. The van der Waals surface area contributed by atoms with Crippen LogP contribution < -0.4 is 5.32 Å². The van der Waals surface area contributed by atoms with Gasteiger partial charge in [0.2, 0.25) is 0 Å². The quantitative estimate of drug-likeness (QED) is 0.885. The molecular formula is C15H25N3. The van der Waals surface area contributed by atoms with Crippen LogP contribution in [-0.4, -0.2) is 35.1 Å². The number of rotatable bonds is 4. The van der Waals surface area contributed by atoms with Crippen LogP contribution in [0, 0.1) is 6.92 Å². The van der Waals surface area contributed by atoms with Gasteiger partial charge in [0.15, 0.2) is 0 Å². The highest BCUT2D eigenvalue weighted by atomic mass is 15.3. The summed E-state index contributed by atoms with van der Waals surface area (Å²) in [5, 5.41) is 3.55. The predicted octanol–water partition coefficient (Wildman–Crippen LogP) is 2.35. The lowest BCUT2D eigenvalue weighted by Crippen LogP contribution is -2.60. The molecule has 0 atom stereocenters. The van der Waals surface area contributed by atoms with E-state index >= 15 is 0 Å². The largest absolute Gasteiger partial charge is 0.314 e. The number of hydrogen-bond acceptors (Lipinski definition) is 3. The lowest BCUT2D eigenvalue weighted by atomic mass is 9.88. The molecule has 1 saturated heterocycles. The number of hydrogen-bond donors (Lipinski definition) is 1. The molecule has 3 nitrogen and oxygen atoms in total. The van der Waals surface area contributed by atoms with Crippen molar-refractivity contribution < 1.29 is 0 Å². The van der Waals surface area contributed by atoms with Gasteiger partial charge in [-0.25, -0.2) is 0 Å². The summed E-state index contributed by atoms with van der Waals surface area (Å²) < 4.78 is 0. The van der Waals surface area contributed by atoms with Gasteiger partial charge in [-0.05, 0) is 31.4 Å². The highest BCUT2D eigenvalue weighted by molar-refractivity contribution is 5.18. The summed E-state index contributed by atoms with van der Waals surface area (Å²) in [4.78, 5) is 7.17. The molecule has 0 aliphatic carbocycles. The van der Waals surface area contributed by atoms with Crippen LogP contribution in [0.2, 0.25) is 0 Å². The van der Waals surface area contributed by atoms with E-state index in [1.165, 1.54) is 24.1 Å². The Kier molecular flexibility index (Phi) is 4.36. The van der Waals surface area contributed by atoms with Gasteiger partial charge in [-0.1, -0.05) is 19.9 Å². The molecule has 0 radical (unpaired) electrons. The van der Waals surface area contributed by atoms with E-state index in [2.05, 4.69) is 42.0 Å². The monoisotopic (exact) mass is 247 g/mol. The summed E-state index contributed by atoms with van der Waals surface area (Å²) in [7, 11) is 0. The molecule has 100 valence electrons. The fraction of sp³-hybridized carbons (Fsp3) is 0.667. The van der Waals surface area contributed by atoms with Crippen molar-refractivity contribution >= 4 is 0 Å². The molecular weight excluding hydrogens is 222 g/mol. The molecule has 1 fully saturated rings. The molecule has 0 bridgehead atoms. The van der Waals surface area contributed by atoms with Crippen LogP contribution in [0.25, 0.3) is 0 Å². The Bertz CT molecular complexity index is 385. The van der Waals surface area contributed by atoms with Gasteiger partial charge >= 0.3 is 0 Å². The first-order valence-corrected chi connectivity index (χ1v) is 7.08. The average molecular weight is 247 g/mol. The van der Waals surface area contributed by atoms with E-state index in [9.17, 15) is 0 Å². The summed E-state index contributed by atoms with van der Waals surface area (Å²) in [6, 6.07) is 4.17. The van der Waals surface area contributed by atoms with E-state index in [0.717, 1.165) is 26.2 Å². The Hall–Kier alpha value is -0.930. The van der Waals surface area contributed by atoms with Crippen LogP contribution in [0.4, 0.5) is 0 Å². The Morgan fingerprint density at radius 2 is 2.17 bits per heavy atom. The van der Waals surface area contributed by atoms with Crippen molar-refractivity contribution in [3.05, 3.63) is 29.6 Å². The first kappa shape index (κ1) is 13.5. The van der Waals surface area contributed by atoms with Gasteiger partial charge in [0.25, 0.3) is 0 Å². The summed E-state index contributed by atoms with van der Waals surface area (Å²) >= 11 is 0. The maximum Gasteiger partial charge on any atom is 0.0573 e. The highest BCUT2D eigenvalue weighted by Gasteiger charge is 2.35. The van der Waals surface area contributed by atoms with Gasteiger partial charge in [-0.15, -0.1) is 0 Å². The van der Waals surface area contributed by atoms with Crippen molar-refractivity contribution in [2.45, 2.75) is 45.7 Å². The minimum absolute atomic E-state index is 0.308. The SMILES string of the molecule is CCC1(CC)CNCCN1Cc1ncccc1C. The van der Waals surface area contributed by atoms with Gasteiger partial charge in [0.05, 0.1) is 5.69 Å². The molecule has 18 heavy (non-hydrogen) atoms. The topological polar surface area (TPSA) is 28.2 Å². The Balaban J connectivity index is 2.18. The smallest absolute Gasteiger partial charge is 0.0573 e. The normalized spacial score (nSPS) is 19.9. The van der Waals surface area contributed by atoms with Crippen molar-refractivity contribution in [3.8, 4) is 0 Å². The second-order valence-corrected chi connectivity index (χ2v) is 5.30. The molecule has 0 unspecified atom stereocenters. The third-order valence-corrected chi connectivity index (χ3v) is 4.46. The minimum atomic E-state index is 0.308. The number of nitrogens with one attached hydrogen (secondary N) is 1. The van der Waals surface area contributed by atoms with Crippen LogP contribution in [-0.2, 0) is 6.54 Å². The zero-order valence-electron chi connectivity index (χ0n) is 11.9. The van der Waals surface area contributed by atoms with Crippen LogP contribution in [0.15, 0.2) is 18.3 Å². The van der Waals surface area contributed by atoms with Gasteiger partial charge < -0.3 is 5.32 Å². The molecule has 2 rings (SSSR count). The fourth-order valence-electron chi connectivity index (χ4n) is 2.94. The maximum absolute atomic E-state index is 4.54. The first-order valence-electron chi connectivity index (χ1n) is 7.08. The second kappa shape index (κ2) is 5.81. The van der Waals surface area contributed by atoms with Crippen LogP contribution in [0.1, 0.15) is 37.9 Å². The average Bonchev–Trinajstić information content (AvgIpc) is 2.42. The van der Waals surface area contributed by atoms with Crippen molar-refractivity contribution in [1.82, 2.24) is 15.2 Å². The van der Waals surface area contributed by atoms with Crippen LogP contribution in [0.5, 0.6) is 0 Å². The van der Waals surface area contributed by atoms with Crippen molar-refractivity contribution in [3.63, 3.8) is 0 Å². The van der Waals surface area contributed by atoms with Gasteiger partial charge in [-0.3, -0.25) is 9.88 Å². The lowest BCUT2D eigenvalue weighted by Gasteiger charge is -2.47.